The van der Waals surface area contributed by atoms with Gasteiger partial charge in [0.2, 0.25) is 0 Å². The van der Waals surface area contributed by atoms with Crippen LogP contribution in [0.1, 0.15) is 31.9 Å². The Hall–Kier alpha value is -3.35. The number of Topliss-reactive ketones (excluding diaryl/α,β-unsaturated/α-hetero) is 1. The largest absolute Gasteiger partial charge is 0.445 e. The van der Waals surface area contributed by atoms with Crippen LogP contribution < -0.4 is 0 Å². The van der Waals surface area contributed by atoms with Crippen LogP contribution in [-0.4, -0.2) is 52.5 Å². The smallest absolute Gasteiger partial charge is 0.411 e. The van der Waals surface area contributed by atoms with Gasteiger partial charge in [-0.2, -0.15) is 0 Å². The van der Waals surface area contributed by atoms with Gasteiger partial charge in [0.05, 0.1) is 13.1 Å². The molecule has 0 N–H and O–H groups in total. The maximum Gasteiger partial charge on any atom is 0.411 e. The second-order valence-electron chi connectivity index (χ2n) is 8.50. The molecular formula is C24H28N2O5. The molecule has 0 radical (unpaired) electrons. The lowest BCUT2D eigenvalue weighted by atomic mass is 10.1. The van der Waals surface area contributed by atoms with Crippen LogP contribution >= 0.6 is 0 Å². The van der Waals surface area contributed by atoms with Gasteiger partial charge in [-0.3, -0.25) is 14.6 Å². The minimum Gasteiger partial charge on any atom is -0.445 e. The Morgan fingerprint density at radius 1 is 1.00 bits per heavy atom. The second kappa shape index (κ2) is 9.64. The molecule has 1 unspecified atom stereocenters. The number of nitrogens with zero attached hydrogens (tertiary/aromatic N) is 2. The third-order valence-electron chi connectivity index (χ3n) is 4.77. The highest BCUT2D eigenvalue weighted by Crippen LogP contribution is 2.20. The van der Waals surface area contributed by atoms with Crippen LogP contribution in [0.3, 0.4) is 0 Å². The van der Waals surface area contributed by atoms with Crippen molar-refractivity contribution in [1.82, 2.24) is 9.80 Å². The molecule has 1 aliphatic rings. The number of amides is 2. The number of hydrogen-bond donors (Lipinski definition) is 0. The highest BCUT2D eigenvalue weighted by atomic mass is 16.6. The fraction of sp³-hybridized carbons (Fsp3) is 0.375. The van der Waals surface area contributed by atoms with Crippen molar-refractivity contribution in [1.29, 1.82) is 0 Å². The summed E-state index contributed by atoms with van der Waals surface area (Å²) in [4.78, 5) is 40.9. The van der Waals surface area contributed by atoms with E-state index in [1.807, 2.05) is 60.7 Å². The number of hydrogen-bond acceptors (Lipinski definition) is 5. The van der Waals surface area contributed by atoms with Gasteiger partial charge in [0.1, 0.15) is 18.2 Å². The molecule has 2 amide bonds. The fourth-order valence-electron chi connectivity index (χ4n) is 3.29. The van der Waals surface area contributed by atoms with Gasteiger partial charge in [-0.05, 0) is 31.9 Å². The van der Waals surface area contributed by atoms with Crippen molar-refractivity contribution in [2.24, 2.45) is 0 Å². The van der Waals surface area contributed by atoms with Gasteiger partial charge in [-0.1, -0.05) is 60.7 Å². The minimum atomic E-state index is -0.795. The number of carbonyl (C=O) groups is 3. The lowest BCUT2D eigenvalue weighted by Crippen LogP contribution is -2.45. The summed E-state index contributed by atoms with van der Waals surface area (Å²) >= 11 is 0. The monoisotopic (exact) mass is 424 g/mol. The van der Waals surface area contributed by atoms with Crippen molar-refractivity contribution < 1.29 is 23.9 Å². The predicted octanol–water partition coefficient (Wildman–Crippen LogP) is 4.01. The van der Waals surface area contributed by atoms with Gasteiger partial charge < -0.3 is 9.47 Å². The van der Waals surface area contributed by atoms with Crippen molar-refractivity contribution in [3.8, 4) is 0 Å². The lowest BCUT2D eigenvalue weighted by Gasteiger charge is -2.28. The van der Waals surface area contributed by atoms with E-state index >= 15 is 0 Å². The Balaban J connectivity index is 1.74. The van der Waals surface area contributed by atoms with E-state index in [0.717, 1.165) is 11.1 Å². The zero-order chi connectivity index (χ0) is 22.4. The van der Waals surface area contributed by atoms with Gasteiger partial charge in [-0.15, -0.1) is 0 Å². The van der Waals surface area contributed by atoms with Crippen LogP contribution in [0.15, 0.2) is 60.7 Å². The van der Waals surface area contributed by atoms with E-state index in [1.165, 1.54) is 9.80 Å². The van der Waals surface area contributed by atoms with Gasteiger partial charge >= 0.3 is 12.2 Å². The molecule has 7 heteroatoms. The van der Waals surface area contributed by atoms with Crippen molar-refractivity contribution >= 4 is 18.0 Å². The van der Waals surface area contributed by atoms with Crippen LogP contribution in [-0.2, 0) is 27.4 Å². The molecule has 0 saturated carbocycles. The highest BCUT2D eigenvalue weighted by Gasteiger charge is 2.41. The van der Waals surface area contributed by atoms with Crippen molar-refractivity contribution in [3.63, 3.8) is 0 Å². The highest BCUT2D eigenvalue weighted by molar-refractivity contribution is 5.94. The van der Waals surface area contributed by atoms with E-state index in [2.05, 4.69) is 0 Å². The van der Waals surface area contributed by atoms with Gasteiger partial charge in [0.15, 0.2) is 5.78 Å². The summed E-state index contributed by atoms with van der Waals surface area (Å²) in [5.74, 6) is -0.224. The summed E-state index contributed by atoms with van der Waals surface area (Å²) in [6, 6.07) is 17.9. The summed E-state index contributed by atoms with van der Waals surface area (Å²) in [6.07, 6.45) is -1.17. The van der Waals surface area contributed by atoms with Crippen molar-refractivity contribution in [3.05, 3.63) is 71.8 Å². The van der Waals surface area contributed by atoms with Gasteiger partial charge in [-0.25, -0.2) is 9.59 Å². The molecule has 1 saturated heterocycles. The molecule has 0 spiro atoms. The first-order valence-corrected chi connectivity index (χ1v) is 10.2. The molecule has 7 nitrogen and oxygen atoms in total. The first-order valence-electron chi connectivity index (χ1n) is 10.2. The van der Waals surface area contributed by atoms with Gasteiger partial charge in [0, 0.05) is 6.54 Å². The zero-order valence-corrected chi connectivity index (χ0v) is 18.1. The van der Waals surface area contributed by atoms with Crippen LogP contribution in [0.2, 0.25) is 0 Å². The molecule has 1 heterocycles. The molecule has 2 aromatic rings. The number of ether oxygens (including phenoxy) is 2. The number of ketones is 1. The Morgan fingerprint density at radius 3 is 2.16 bits per heavy atom. The molecule has 0 bridgehead atoms. The summed E-state index contributed by atoms with van der Waals surface area (Å²) in [6.45, 7) is 5.57. The van der Waals surface area contributed by atoms with Crippen molar-refractivity contribution in [2.45, 2.75) is 45.6 Å². The molecule has 31 heavy (non-hydrogen) atoms. The summed E-state index contributed by atoms with van der Waals surface area (Å²) < 4.78 is 10.9. The van der Waals surface area contributed by atoms with E-state index in [1.54, 1.807) is 20.8 Å². The molecule has 3 rings (SSSR count). The average Bonchev–Trinajstić information content (AvgIpc) is 3.12. The van der Waals surface area contributed by atoms with E-state index in [-0.39, 0.29) is 32.0 Å². The number of carbonyl (C=O) groups excluding carboxylic acids is 3. The Morgan fingerprint density at radius 2 is 1.58 bits per heavy atom. The summed E-state index contributed by atoms with van der Waals surface area (Å²) in [7, 11) is 0. The van der Waals surface area contributed by atoms with Gasteiger partial charge in [0.25, 0.3) is 0 Å². The first kappa shape index (κ1) is 22.3. The Bertz CT molecular complexity index is 909. The average molecular weight is 424 g/mol. The first-order chi connectivity index (χ1) is 14.7. The molecule has 1 fully saturated rings. The van der Waals surface area contributed by atoms with Crippen LogP contribution in [0.4, 0.5) is 9.59 Å². The third kappa shape index (κ3) is 6.31. The molecule has 1 aliphatic heterocycles. The zero-order valence-electron chi connectivity index (χ0n) is 18.1. The van der Waals surface area contributed by atoms with E-state index in [0.29, 0.717) is 0 Å². The second-order valence-corrected chi connectivity index (χ2v) is 8.50. The maximum absolute atomic E-state index is 13.0. The molecule has 2 aromatic carbocycles. The molecule has 1 atom stereocenters. The summed E-state index contributed by atoms with van der Waals surface area (Å²) in [5.41, 5.74) is 1.04. The maximum atomic E-state index is 13.0. The normalized spacial score (nSPS) is 16.2. The molecule has 0 aliphatic carbocycles. The fourth-order valence-corrected chi connectivity index (χ4v) is 3.29. The van der Waals surface area contributed by atoms with Crippen LogP contribution in [0, 0.1) is 0 Å². The molecule has 164 valence electrons. The summed E-state index contributed by atoms with van der Waals surface area (Å²) in [5, 5.41) is 0. The van der Waals surface area contributed by atoms with E-state index < -0.39 is 23.8 Å². The number of rotatable bonds is 5. The van der Waals surface area contributed by atoms with Crippen LogP contribution in [0.25, 0.3) is 0 Å². The topological polar surface area (TPSA) is 76.2 Å². The number of likely N-dealkylation sites (tertiary alicyclic amines) is 1. The lowest BCUT2D eigenvalue weighted by molar-refractivity contribution is -0.120. The van der Waals surface area contributed by atoms with E-state index in [4.69, 9.17) is 9.47 Å². The predicted molar refractivity (Wildman–Crippen MR) is 115 cm³/mol. The van der Waals surface area contributed by atoms with Crippen molar-refractivity contribution in [2.75, 3.05) is 13.1 Å². The Kier molecular flexibility index (Phi) is 6.95. The van der Waals surface area contributed by atoms with Crippen LogP contribution in [0.5, 0.6) is 0 Å². The Labute approximate surface area is 182 Å². The number of benzene rings is 2. The molecule has 0 aromatic heterocycles. The minimum absolute atomic E-state index is 0.0705. The quantitative estimate of drug-likeness (QED) is 0.725. The SMILES string of the molecule is CC(C)(C)OC(=O)N1CC(=O)C(N(Cc2ccccc2)C(=O)OCc2ccccc2)C1. The standard InChI is InChI=1S/C24H28N2O5/c1-24(2,3)31-22(28)25-15-20(21(27)16-25)26(14-18-10-6-4-7-11-18)23(29)30-17-19-12-8-5-9-13-19/h4-13,20H,14-17H2,1-3H3. The third-order valence-corrected chi connectivity index (χ3v) is 4.77. The molecular weight excluding hydrogens is 396 g/mol. The van der Waals surface area contributed by atoms with E-state index in [9.17, 15) is 14.4 Å².